The second-order valence-electron chi connectivity index (χ2n) is 3.39. The molecule has 0 aliphatic carbocycles. The predicted octanol–water partition coefficient (Wildman–Crippen LogP) is 0.895. The molecule has 82 valence electrons. The molecule has 0 saturated carbocycles. The van der Waals surface area contributed by atoms with Crippen LogP contribution >= 0.6 is 11.8 Å². The normalized spacial score (nSPS) is 15.6. The number of thioether (sulfide) groups is 1. The number of aromatic nitrogens is 2. The van der Waals surface area contributed by atoms with E-state index in [1.54, 1.807) is 18.9 Å². The lowest BCUT2D eigenvalue weighted by molar-refractivity contribution is 0.385. The molecule has 0 bridgehead atoms. The van der Waals surface area contributed by atoms with Crippen molar-refractivity contribution in [3.8, 4) is 5.88 Å². The minimum atomic E-state index is 0.744. The topological polar surface area (TPSA) is 47.0 Å². The average molecular weight is 225 g/mol. The molecule has 0 atom stereocenters. The van der Waals surface area contributed by atoms with Crippen LogP contribution in [-0.4, -0.2) is 36.4 Å². The summed E-state index contributed by atoms with van der Waals surface area (Å²) in [7, 11) is 1.67. The first-order chi connectivity index (χ1) is 7.35. The number of hydrogen-bond acceptors (Lipinski definition) is 5. The van der Waals surface area contributed by atoms with E-state index in [0.29, 0.717) is 0 Å². The van der Waals surface area contributed by atoms with E-state index >= 15 is 0 Å². The summed E-state index contributed by atoms with van der Waals surface area (Å²) in [5, 5.41) is 4.15. The first-order valence-electron chi connectivity index (χ1n) is 5.03. The molecule has 0 aromatic carbocycles. The summed E-state index contributed by atoms with van der Waals surface area (Å²) in [5.74, 6) is 0.744. The number of nitrogens with zero attached hydrogens (tertiary/aromatic N) is 2. The summed E-state index contributed by atoms with van der Waals surface area (Å²) in [4.78, 5) is 8.90. The van der Waals surface area contributed by atoms with Gasteiger partial charge in [0.25, 0.3) is 0 Å². The van der Waals surface area contributed by atoms with Crippen molar-refractivity contribution in [2.45, 2.75) is 18.0 Å². The molecule has 0 saturated heterocycles. The molecule has 5 heteroatoms. The van der Waals surface area contributed by atoms with Gasteiger partial charge in [0.15, 0.2) is 5.16 Å². The molecule has 4 nitrogen and oxygen atoms in total. The highest BCUT2D eigenvalue weighted by atomic mass is 32.2. The van der Waals surface area contributed by atoms with Crippen molar-refractivity contribution in [2.24, 2.45) is 0 Å². The minimum Gasteiger partial charge on any atom is -0.481 e. The molecule has 0 unspecified atom stereocenters. The highest BCUT2D eigenvalue weighted by molar-refractivity contribution is 7.98. The molecular formula is C10H15N3OS. The first kappa shape index (κ1) is 10.7. The minimum absolute atomic E-state index is 0.744. The fourth-order valence-corrected chi connectivity index (χ4v) is 2.12. The zero-order valence-electron chi connectivity index (χ0n) is 9.04. The van der Waals surface area contributed by atoms with Gasteiger partial charge in [-0.15, -0.1) is 0 Å². The Morgan fingerprint density at radius 1 is 1.27 bits per heavy atom. The third-order valence-corrected chi connectivity index (χ3v) is 3.05. The highest BCUT2D eigenvalue weighted by Gasteiger charge is 2.16. The van der Waals surface area contributed by atoms with Gasteiger partial charge in [-0.1, -0.05) is 11.8 Å². The van der Waals surface area contributed by atoms with Gasteiger partial charge in [0.1, 0.15) is 0 Å². The third-order valence-electron chi connectivity index (χ3n) is 2.50. The molecular weight excluding hydrogens is 210 g/mol. The van der Waals surface area contributed by atoms with Gasteiger partial charge in [0.2, 0.25) is 5.88 Å². The van der Waals surface area contributed by atoms with E-state index in [-0.39, 0.29) is 0 Å². The van der Waals surface area contributed by atoms with Gasteiger partial charge in [-0.2, -0.15) is 4.98 Å². The maximum atomic E-state index is 5.32. The van der Waals surface area contributed by atoms with Crippen molar-refractivity contribution in [1.29, 1.82) is 0 Å². The van der Waals surface area contributed by atoms with Gasteiger partial charge in [0, 0.05) is 18.5 Å². The van der Waals surface area contributed by atoms with E-state index in [4.69, 9.17) is 4.74 Å². The van der Waals surface area contributed by atoms with Gasteiger partial charge >= 0.3 is 0 Å². The second kappa shape index (κ2) is 4.81. The number of rotatable bonds is 2. The summed E-state index contributed by atoms with van der Waals surface area (Å²) >= 11 is 1.56. The molecule has 0 fully saturated rings. The Balaban J connectivity index is 2.45. The summed E-state index contributed by atoms with van der Waals surface area (Å²) in [6.07, 6.45) is 3.89. The fraction of sp³-hybridized carbons (Fsp3) is 0.600. The lowest BCUT2D eigenvalue weighted by atomic mass is 10.1. The van der Waals surface area contributed by atoms with Crippen LogP contribution < -0.4 is 10.1 Å². The van der Waals surface area contributed by atoms with E-state index in [1.165, 1.54) is 5.56 Å². The Bertz CT molecular complexity index is 357. The molecule has 0 radical (unpaired) electrons. The van der Waals surface area contributed by atoms with E-state index < -0.39 is 0 Å². The van der Waals surface area contributed by atoms with Crippen LogP contribution in [0.1, 0.15) is 11.3 Å². The SMILES string of the molecule is COc1nc(SC)nc2c1CCNCC2. The van der Waals surface area contributed by atoms with Crippen LogP contribution in [0, 0.1) is 0 Å². The van der Waals surface area contributed by atoms with Crippen molar-refractivity contribution >= 4 is 11.8 Å². The van der Waals surface area contributed by atoms with Crippen LogP contribution in [-0.2, 0) is 12.8 Å². The molecule has 1 aromatic heterocycles. The Labute approximate surface area is 93.8 Å². The monoisotopic (exact) mass is 225 g/mol. The number of methoxy groups -OCH3 is 1. The maximum absolute atomic E-state index is 5.32. The van der Waals surface area contributed by atoms with Crippen molar-refractivity contribution in [3.63, 3.8) is 0 Å². The van der Waals surface area contributed by atoms with E-state index in [9.17, 15) is 0 Å². The lowest BCUT2D eigenvalue weighted by Gasteiger charge is -2.10. The maximum Gasteiger partial charge on any atom is 0.220 e. The van der Waals surface area contributed by atoms with E-state index in [1.807, 2.05) is 6.26 Å². The summed E-state index contributed by atoms with van der Waals surface area (Å²) < 4.78 is 5.32. The summed E-state index contributed by atoms with van der Waals surface area (Å²) in [5.41, 5.74) is 2.30. The van der Waals surface area contributed by atoms with Crippen molar-refractivity contribution in [1.82, 2.24) is 15.3 Å². The van der Waals surface area contributed by atoms with Crippen molar-refractivity contribution in [2.75, 3.05) is 26.5 Å². The van der Waals surface area contributed by atoms with Crippen molar-refractivity contribution < 1.29 is 4.74 Å². The van der Waals surface area contributed by atoms with Crippen LogP contribution in [0.15, 0.2) is 5.16 Å². The zero-order valence-corrected chi connectivity index (χ0v) is 9.86. The van der Waals surface area contributed by atoms with Gasteiger partial charge in [-0.25, -0.2) is 4.98 Å². The summed E-state index contributed by atoms with van der Waals surface area (Å²) in [6.45, 7) is 1.96. The first-order valence-corrected chi connectivity index (χ1v) is 6.26. The Morgan fingerprint density at radius 2 is 2.07 bits per heavy atom. The van der Waals surface area contributed by atoms with Gasteiger partial charge in [0.05, 0.1) is 12.8 Å². The number of hydrogen-bond donors (Lipinski definition) is 1. The molecule has 2 rings (SSSR count). The fourth-order valence-electron chi connectivity index (χ4n) is 1.75. The molecule has 0 spiro atoms. The van der Waals surface area contributed by atoms with Gasteiger partial charge in [-0.3, -0.25) is 0 Å². The molecule has 2 heterocycles. The average Bonchev–Trinajstić information content (AvgIpc) is 2.52. The van der Waals surface area contributed by atoms with Gasteiger partial charge < -0.3 is 10.1 Å². The van der Waals surface area contributed by atoms with Crippen LogP contribution in [0.5, 0.6) is 5.88 Å². The van der Waals surface area contributed by atoms with Crippen LogP contribution in [0.4, 0.5) is 0 Å². The lowest BCUT2D eigenvalue weighted by Crippen LogP contribution is -2.16. The van der Waals surface area contributed by atoms with Gasteiger partial charge in [-0.05, 0) is 19.2 Å². The molecule has 1 N–H and O–H groups in total. The third kappa shape index (κ3) is 2.23. The zero-order chi connectivity index (χ0) is 10.7. The largest absolute Gasteiger partial charge is 0.481 e. The highest BCUT2D eigenvalue weighted by Crippen LogP contribution is 2.24. The molecule has 1 aromatic rings. The smallest absolute Gasteiger partial charge is 0.220 e. The van der Waals surface area contributed by atoms with Crippen LogP contribution in [0.25, 0.3) is 0 Å². The Hall–Kier alpha value is -0.810. The number of ether oxygens (including phenoxy) is 1. The van der Waals surface area contributed by atoms with E-state index in [0.717, 1.165) is 42.7 Å². The number of fused-ring (bicyclic) bond motifs is 1. The quantitative estimate of drug-likeness (QED) is 0.598. The Morgan fingerprint density at radius 3 is 2.80 bits per heavy atom. The second-order valence-corrected chi connectivity index (χ2v) is 4.17. The van der Waals surface area contributed by atoms with Crippen molar-refractivity contribution in [3.05, 3.63) is 11.3 Å². The molecule has 0 amide bonds. The van der Waals surface area contributed by atoms with Crippen LogP contribution in [0.3, 0.4) is 0 Å². The number of nitrogens with one attached hydrogen (secondary N) is 1. The molecule has 1 aliphatic rings. The molecule has 15 heavy (non-hydrogen) atoms. The Kier molecular flexibility index (Phi) is 3.43. The summed E-state index contributed by atoms with van der Waals surface area (Å²) in [6, 6.07) is 0. The molecule has 1 aliphatic heterocycles. The standard InChI is InChI=1S/C10H15N3OS/c1-14-9-7-3-5-11-6-4-8(7)12-10(13-9)15-2/h11H,3-6H2,1-2H3. The van der Waals surface area contributed by atoms with Crippen LogP contribution in [0.2, 0.25) is 0 Å². The predicted molar refractivity (Wildman–Crippen MR) is 60.6 cm³/mol. The van der Waals surface area contributed by atoms with E-state index in [2.05, 4.69) is 15.3 Å².